The van der Waals surface area contributed by atoms with E-state index < -0.39 is 0 Å². The number of carbonyl (C=O) groups is 1. The highest BCUT2D eigenvalue weighted by Gasteiger charge is 2.38. The Bertz CT molecular complexity index is 538. The van der Waals surface area contributed by atoms with Crippen LogP contribution in [-0.2, 0) is 0 Å². The SMILES string of the molecule is C#CCCC1(CCNC(=O)c2ccc(NC)nc2)N=N1. The summed E-state index contributed by atoms with van der Waals surface area (Å²) >= 11 is 0. The predicted octanol–water partition coefficient (Wildman–Crippen LogP) is 1.82. The van der Waals surface area contributed by atoms with Crippen LogP contribution in [0.15, 0.2) is 28.6 Å². The number of aromatic nitrogens is 1. The molecule has 0 fully saturated rings. The Kier molecular flexibility index (Phi) is 4.31. The maximum Gasteiger partial charge on any atom is 0.252 e. The Morgan fingerprint density at radius 2 is 2.20 bits per heavy atom. The Hall–Kier alpha value is -2.42. The average Bonchev–Trinajstić information content (AvgIpc) is 3.25. The summed E-state index contributed by atoms with van der Waals surface area (Å²) in [7, 11) is 1.78. The third-order valence-electron chi connectivity index (χ3n) is 3.15. The number of amides is 1. The summed E-state index contributed by atoms with van der Waals surface area (Å²) in [5.74, 6) is 3.16. The topological polar surface area (TPSA) is 78.7 Å². The maximum atomic E-state index is 11.9. The van der Waals surface area contributed by atoms with E-state index in [1.807, 2.05) is 0 Å². The first-order valence-electron chi connectivity index (χ1n) is 6.49. The van der Waals surface area contributed by atoms with Crippen molar-refractivity contribution in [2.24, 2.45) is 10.2 Å². The van der Waals surface area contributed by atoms with Gasteiger partial charge in [0.05, 0.1) is 5.56 Å². The van der Waals surface area contributed by atoms with Gasteiger partial charge in [-0.3, -0.25) is 4.79 Å². The predicted molar refractivity (Wildman–Crippen MR) is 76.4 cm³/mol. The van der Waals surface area contributed by atoms with Crippen molar-refractivity contribution in [1.82, 2.24) is 10.3 Å². The molecular formula is C14H17N5O. The number of pyridine rings is 1. The van der Waals surface area contributed by atoms with E-state index in [4.69, 9.17) is 6.42 Å². The molecule has 0 unspecified atom stereocenters. The molecule has 104 valence electrons. The molecule has 6 heteroatoms. The van der Waals surface area contributed by atoms with Gasteiger partial charge in [0.1, 0.15) is 5.82 Å². The summed E-state index contributed by atoms with van der Waals surface area (Å²) in [5, 5.41) is 13.8. The molecule has 0 aliphatic carbocycles. The second kappa shape index (κ2) is 6.15. The van der Waals surface area contributed by atoms with E-state index in [1.165, 1.54) is 0 Å². The molecule has 0 aromatic carbocycles. The second-order valence-electron chi connectivity index (χ2n) is 4.57. The molecule has 1 aliphatic rings. The van der Waals surface area contributed by atoms with Gasteiger partial charge in [-0.05, 0) is 12.1 Å². The molecule has 2 N–H and O–H groups in total. The van der Waals surface area contributed by atoms with E-state index in [1.54, 1.807) is 25.4 Å². The van der Waals surface area contributed by atoms with Crippen LogP contribution in [0.25, 0.3) is 0 Å². The molecule has 0 atom stereocenters. The third-order valence-corrected chi connectivity index (χ3v) is 3.15. The van der Waals surface area contributed by atoms with Gasteiger partial charge < -0.3 is 10.6 Å². The van der Waals surface area contributed by atoms with Gasteiger partial charge in [-0.25, -0.2) is 4.98 Å². The quantitative estimate of drug-likeness (QED) is 0.742. The first-order valence-corrected chi connectivity index (χ1v) is 6.49. The van der Waals surface area contributed by atoms with Crippen LogP contribution in [0.1, 0.15) is 29.6 Å². The molecule has 1 aromatic rings. The molecular weight excluding hydrogens is 254 g/mol. The maximum absolute atomic E-state index is 11.9. The van der Waals surface area contributed by atoms with Gasteiger partial charge in [-0.2, -0.15) is 10.2 Å². The fraction of sp³-hybridized carbons (Fsp3) is 0.429. The van der Waals surface area contributed by atoms with Crippen LogP contribution in [0.3, 0.4) is 0 Å². The number of rotatable bonds is 7. The number of carbonyl (C=O) groups excluding carboxylic acids is 1. The second-order valence-corrected chi connectivity index (χ2v) is 4.57. The molecule has 2 rings (SSSR count). The van der Waals surface area contributed by atoms with Crippen LogP contribution in [0.4, 0.5) is 5.82 Å². The molecule has 20 heavy (non-hydrogen) atoms. The number of hydrogen-bond acceptors (Lipinski definition) is 5. The van der Waals surface area contributed by atoms with Crippen molar-refractivity contribution >= 4 is 11.7 Å². The van der Waals surface area contributed by atoms with E-state index >= 15 is 0 Å². The summed E-state index contributed by atoms with van der Waals surface area (Å²) < 4.78 is 0. The lowest BCUT2D eigenvalue weighted by molar-refractivity contribution is 0.0951. The first-order chi connectivity index (χ1) is 9.69. The highest BCUT2D eigenvalue weighted by molar-refractivity contribution is 5.94. The van der Waals surface area contributed by atoms with Crippen molar-refractivity contribution in [1.29, 1.82) is 0 Å². The standard InChI is InChI=1S/C14H17N5O/c1-3-4-7-14(18-19-14)8-9-16-13(20)11-5-6-12(15-2)17-10-11/h1,5-6,10H,4,7-9H2,2H3,(H,15,17)(H,16,20). The highest BCUT2D eigenvalue weighted by atomic mass is 16.1. The zero-order valence-corrected chi connectivity index (χ0v) is 11.4. The van der Waals surface area contributed by atoms with Crippen molar-refractivity contribution in [3.63, 3.8) is 0 Å². The van der Waals surface area contributed by atoms with E-state index in [-0.39, 0.29) is 11.6 Å². The number of nitrogens with one attached hydrogen (secondary N) is 2. The Labute approximate surface area is 118 Å². The van der Waals surface area contributed by atoms with E-state index in [9.17, 15) is 4.79 Å². The van der Waals surface area contributed by atoms with Crippen molar-refractivity contribution in [3.05, 3.63) is 23.9 Å². The fourth-order valence-corrected chi connectivity index (χ4v) is 1.82. The zero-order chi connectivity index (χ0) is 14.4. The van der Waals surface area contributed by atoms with Crippen LogP contribution in [0.2, 0.25) is 0 Å². The molecule has 2 heterocycles. The van der Waals surface area contributed by atoms with Crippen LogP contribution in [0, 0.1) is 12.3 Å². The summed E-state index contributed by atoms with van der Waals surface area (Å²) in [4.78, 5) is 16.0. The lowest BCUT2D eigenvalue weighted by atomic mass is 10.0. The minimum atomic E-state index is -0.353. The summed E-state index contributed by atoms with van der Waals surface area (Å²) in [6.07, 6.45) is 8.85. The smallest absolute Gasteiger partial charge is 0.252 e. The lowest BCUT2D eigenvalue weighted by Crippen LogP contribution is -2.28. The first kappa shape index (κ1) is 14.0. The molecule has 6 nitrogen and oxygen atoms in total. The largest absolute Gasteiger partial charge is 0.373 e. The number of nitrogens with zero attached hydrogens (tertiary/aromatic N) is 3. The van der Waals surface area contributed by atoms with Crippen molar-refractivity contribution in [2.75, 3.05) is 18.9 Å². The van der Waals surface area contributed by atoms with Gasteiger partial charge in [0, 0.05) is 39.1 Å². The number of terminal acetylenes is 1. The Morgan fingerprint density at radius 1 is 1.40 bits per heavy atom. The van der Waals surface area contributed by atoms with Gasteiger partial charge in [0.15, 0.2) is 5.66 Å². The van der Waals surface area contributed by atoms with E-state index in [0.717, 1.165) is 12.2 Å². The lowest BCUT2D eigenvalue weighted by Gasteiger charge is -2.10. The molecule has 0 saturated carbocycles. The number of hydrogen-bond donors (Lipinski definition) is 2. The minimum Gasteiger partial charge on any atom is -0.373 e. The van der Waals surface area contributed by atoms with Gasteiger partial charge >= 0.3 is 0 Å². The molecule has 1 aromatic heterocycles. The van der Waals surface area contributed by atoms with Crippen LogP contribution >= 0.6 is 0 Å². The molecule has 0 spiro atoms. The van der Waals surface area contributed by atoms with Crippen molar-refractivity contribution in [2.45, 2.75) is 24.9 Å². The van der Waals surface area contributed by atoms with Gasteiger partial charge in [0.25, 0.3) is 5.91 Å². The Balaban J connectivity index is 1.76. The third kappa shape index (κ3) is 3.54. The molecule has 1 amide bonds. The van der Waals surface area contributed by atoms with E-state index in [0.29, 0.717) is 24.9 Å². The van der Waals surface area contributed by atoms with Gasteiger partial charge in [-0.1, -0.05) is 0 Å². The van der Waals surface area contributed by atoms with Crippen molar-refractivity contribution in [3.8, 4) is 12.3 Å². The van der Waals surface area contributed by atoms with Gasteiger partial charge in [-0.15, -0.1) is 12.3 Å². The summed E-state index contributed by atoms with van der Waals surface area (Å²) in [5.41, 5.74) is 0.180. The summed E-state index contributed by atoms with van der Waals surface area (Å²) in [6.45, 7) is 0.518. The highest BCUT2D eigenvalue weighted by Crippen LogP contribution is 2.35. The minimum absolute atomic E-state index is 0.145. The normalized spacial score (nSPS) is 14.4. The monoisotopic (exact) mass is 271 g/mol. The van der Waals surface area contributed by atoms with E-state index in [2.05, 4.69) is 31.8 Å². The fourth-order valence-electron chi connectivity index (χ4n) is 1.82. The van der Waals surface area contributed by atoms with Crippen molar-refractivity contribution < 1.29 is 4.79 Å². The zero-order valence-electron chi connectivity index (χ0n) is 11.4. The van der Waals surface area contributed by atoms with Crippen LogP contribution < -0.4 is 10.6 Å². The molecule has 1 aliphatic heterocycles. The molecule has 0 radical (unpaired) electrons. The molecule has 0 bridgehead atoms. The Morgan fingerprint density at radius 3 is 2.75 bits per heavy atom. The van der Waals surface area contributed by atoms with Crippen LogP contribution in [0.5, 0.6) is 0 Å². The van der Waals surface area contributed by atoms with Crippen LogP contribution in [-0.4, -0.2) is 30.1 Å². The molecule has 0 saturated heterocycles. The average molecular weight is 271 g/mol. The number of anilines is 1. The van der Waals surface area contributed by atoms with Gasteiger partial charge in [0.2, 0.25) is 0 Å². The summed E-state index contributed by atoms with van der Waals surface area (Å²) in [6, 6.07) is 3.49.